The third kappa shape index (κ3) is 6.36. The predicted octanol–water partition coefficient (Wildman–Crippen LogP) is 2.17. The van der Waals surface area contributed by atoms with Crippen molar-refractivity contribution >= 4 is 5.97 Å². The average molecular weight is 258 g/mol. The van der Waals surface area contributed by atoms with Crippen LogP contribution in [0.2, 0.25) is 0 Å². The van der Waals surface area contributed by atoms with Crippen LogP contribution in [0.25, 0.3) is 0 Å². The van der Waals surface area contributed by atoms with Gasteiger partial charge in [0.1, 0.15) is 5.54 Å². The van der Waals surface area contributed by atoms with Crippen LogP contribution in [-0.4, -0.2) is 42.6 Å². The van der Waals surface area contributed by atoms with E-state index in [1.165, 1.54) is 0 Å². The molecule has 0 saturated carbocycles. The Balaban J connectivity index is 3.86. The van der Waals surface area contributed by atoms with Crippen molar-refractivity contribution in [3.05, 3.63) is 0 Å². The molecule has 0 spiro atoms. The van der Waals surface area contributed by atoms with Crippen LogP contribution < -0.4 is 5.73 Å². The molecule has 0 aromatic rings. The summed E-state index contributed by atoms with van der Waals surface area (Å²) in [6.45, 7) is 9.42. The van der Waals surface area contributed by atoms with Crippen LogP contribution in [0.3, 0.4) is 0 Å². The second-order valence-electron chi connectivity index (χ2n) is 5.33. The Labute approximate surface area is 112 Å². The maximum atomic E-state index is 11.6. The van der Waals surface area contributed by atoms with Crippen LogP contribution in [0.15, 0.2) is 0 Å². The quantitative estimate of drug-likeness (QED) is 0.508. The van der Waals surface area contributed by atoms with Gasteiger partial charge in [-0.15, -0.1) is 0 Å². The lowest BCUT2D eigenvalue weighted by molar-refractivity contribution is -0.149. The van der Waals surface area contributed by atoms with Crippen molar-refractivity contribution in [2.24, 2.45) is 5.73 Å². The van der Waals surface area contributed by atoms with Crippen LogP contribution in [0.1, 0.15) is 53.4 Å². The van der Waals surface area contributed by atoms with Gasteiger partial charge in [0.15, 0.2) is 0 Å². The van der Waals surface area contributed by atoms with E-state index in [0.29, 0.717) is 19.1 Å². The van der Waals surface area contributed by atoms with Crippen LogP contribution in [0.5, 0.6) is 0 Å². The number of hydrogen-bond donors (Lipinski definition) is 1. The predicted molar refractivity (Wildman–Crippen MR) is 75.5 cm³/mol. The average Bonchev–Trinajstić information content (AvgIpc) is 2.33. The highest BCUT2D eigenvalue weighted by molar-refractivity contribution is 5.79. The maximum Gasteiger partial charge on any atom is 0.325 e. The second kappa shape index (κ2) is 8.48. The van der Waals surface area contributed by atoms with Gasteiger partial charge in [-0.1, -0.05) is 6.92 Å². The van der Waals surface area contributed by atoms with E-state index in [1.807, 2.05) is 0 Å². The molecule has 2 N–H and O–H groups in total. The number of hydrogen-bond acceptors (Lipinski definition) is 4. The maximum absolute atomic E-state index is 11.6. The number of carbonyl (C=O) groups excluding carboxylic acids is 1. The number of rotatable bonds is 9. The van der Waals surface area contributed by atoms with E-state index in [-0.39, 0.29) is 5.97 Å². The number of nitrogens with zero attached hydrogens (tertiary/aromatic N) is 1. The van der Waals surface area contributed by atoms with E-state index in [4.69, 9.17) is 10.5 Å². The third-order valence-corrected chi connectivity index (χ3v) is 3.54. The Hall–Kier alpha value is -0.610. The zero-order valence-electron chi connectivity index (χ0n) is 12.7. The minimum absolute atomic E-state index is 0.291. The van der Waals surface area contributed by atoms with Gasteiger partial charge in [0, 0.05) is 6.04 Å². The fourth-order valence-electron chi connectivity index (χ4n) is 1.78. The van der Waals surface area contributed by atoms with Gasteiger partial charge in [0.05, 0.1) is 6.61 Å². The van der Waals surface area contributed by atoms with E-state index >= 15 is 0 Å². The summed E-state index contributed by atoms with van der Waals surface area (Å²) in [4.78, 5) is 13.9. The van der Waals surface area contributed by atoms with E-state index in [1.54, 1.807) is 13.8 Å². The molecule has 0 aromatic heterocycles. The fourth-order valence-corrected chi connectivity index (χ4v) is 1.78. The molecule has 4 nitrogen and oxygen atoms in total. The first kappa shape index (κ1) is 17.4. The van der Waals surface area contributed by atoms with Crippen LogP contribution in [-0.2, 0) is 9.53 Å². The van der Waals surface area contributed by atoms with E-state index < -0.39 is 5.54 Å². The van der Waals surface area contributed by atoms with E-state index in [9.17, 15) is 4.79 Å². The molecule has 2 unspecified atom stereocenters. The summed E-state index contributed by atoms with van der Waals surface area (Å²) in [5, 5.41) is 0. The molecule has 0 fully saturated rings. The summed E-state index contributed by atoms with van der Waals surface area (Å²) in [5.74, 6) is -0.291. The first-order chi connectivity index (χ1) is 8.35. The number of ether oxygens (including phenoxy) is 1. The van der Waals surface area contributed by atoms with Crippen molar-refractivity contribution < 1.29 is 9.53 Å². The minimum atomic E-state index is -0.842. The molecule has 0 aliphatic rings. The van der Waals surface area contributed by atoms with Gasteiger partial charge in [-0.05, 0) is 60.0 Å². The number of carbonyl (C=O) groups is 1. The van der Waals surface area contributed by atoms with Gasteiger partial charge in [-0.2, -0.15) is 0 Å². The van der Waals surface area contributed by atoms with Crippen molar-refractivity contribution in [1.29, 1.82) is 0 Å². The molecule has 0 bridgehead atoms. The third-order valence-electron chi connectivity index (χ3n) is 3.54. The first-order valence-electron chi connectivity index (χ1n) is 7.01. The Morgan fingerprint density at radius 1 is 1.39 bits per heavy atom. The summed E-state index contributed by atoms with van der Waals surface area (Å²) >= 11 is 0. The zero-order chi connectivity index (χ0) is 14.2. The normalized spacial score (nSPS) is 16.4. The van der Waals surface area contributed by atoms with Gasteiger partial charge in [-0.3, -0.25) is 4.79 Å². The lowest BCUT2D eigenvalue weighted by Crippen LogP contribution is -2.46. The molecule has 0 saturated heterocycles. The van der Waals surface area contributed by atoms with Gasteiger partial charge >= 0.3 is 5.97 Å². The zero-order valence-corrected chi connectivity index (χ0v) is 12.7. The molecule has 0 heterocycles. The van der Waals surface area contributed by atoms with Crippen molar-refractivity contribution in [1.82, 2.24) is 4.90 Å². The van der Waals surface area contributed by atoms with Crippen LogP contribution in [0.4, 0.5) is 0 Å². The smallest absolute Gasteiger partial charge is 0.325 e. The van der Waals surface area contributed by atoms with Crippen LogP contribution >= 0.6 is 0 Å². The van der Waals surface area contributed by atoms with Crippen molar-refractivity contribution in [2.75, 3.05) is 20.2 Å². The monoisotopic (exact) mass is 258 g/mol. The molecule has 0 aliphatic heterocycles. The first-order valence-corrected chi connectivity index (χ1v) is 7.01. The van der Waals surface area contributed by atoms with Gasteiger partial charge < -0.3 is 15.4 Å². The molecule has 0 aromatic carbocycles. The summed E-state index contributed by atoms with van der Waals surface area (Å²) in [6.07, 6.45) is 3.85. The largest absolute Gasteiger partial charge is 0.465 e. The Bertz CT molecular complexity index is 242. The summed E-state index contributed by atoms with van der Waals surface area (Å²) < 4.78 is 4.97. The summed E-state index contributed by atoms with van der Waals surface area (Å²) in [7, 11) is 2.14. The van der Waals surface area contributed by atoms with E-state index in [0.717, 1.165) is 25.8 Å². The Kier molecular flexibility index (Phi) is 8.20. The summed E-state index contributed by atoms with van der Waals surface area (Å²) in [6, 6.07) is 0.610. The summed E-state index contributed by atoms with van der Waals surface area (Å²) in [5.41, 5.74) is 5.12. The van der Waals surface area contributed by atoms with Gasteiger partial charge in [0.2, 0.25) is 0 Å². The van der Waals surface area contributed by atoms with Gasteiger partial charge in [-0.25, -0.2) is 0 Å². The lowest BCUT2D eigenvalue weighted by atomic mass is 9.96. The topological polar surface area (TPSA) is 55.6 Å². The molecule has 2 atom stereocenters. The molecule has 0 radical (unpaired) electrons. The Morgan fingerprint density at radius 2 is 2.00 bits per heavy atom. The standard InChI is InChI=1S/C14H30N2O2/c1-6-12(3)16(5)11-9-8-10-14(4,15)13(17)18-7-2/h12H,6-11,15H2,1-5H3. The SMILES string of the molecule is CCOC(=O)C(C)(N)CCCCN(C)C(C)CC. The lowest BCUT2D eigenvalue weighted by Gasteiger charge is -2.25. The van der Waals surface area contributed by atoms with Crippen molar-refractivity contribution in [3.8, 4) is 0 Å². The number of esters is 1. The highest BCUT2D eigenvalue weighted by atomic mass is 16.5. The minimum Gasteiger partial charge on any atom is -0.465 e. The van der Waals surface area contributed by atoms with Crippen molar-refractivity contribution in [3.63, 3.8) is 0 Å². The molecular weight excluding hydrogens is 228 g/mol. The number of unbranched alkanes of at least 4 members (excludes halogenated alkanes) is 1. The molecule has 18 heavy (non-hydrogen) atoms. The van der Waals surface area contributed by atoms with Crippen LogP contribution in [0, 0.1) is 0 Å². The molecule has 0 aliphatic carbocycles. The second-order valence-corrected chi connectivity index (χ2v) is 5.33. The molecule has 0 rings (SSSR count). The van der Waals surface area contributed by atoms with Gasteiger partial charge in [0.25, 0.3) is 0 Å². The number of nitrogens with two attached hydrogens (primary N) is 1. The fraction of sp³-hybridized carbons (Fsp3) is 0.929. The highest BCUT2D eigenvalue weighted by Gasteiger charge is 2.29. The van der Waals surface area contributed by atoms with E-state index in [2.05, 4.69) is 25.8 Å². The highest BCUT2D eigenvalue weighted by Crippen LogP contribution is 2.13. The van der Waals surface area contributed by atoms with Crippen molar-refractivity contribution in [2.45, 2.75) is 65.0 Å². The molecule has 0 amide bonds. The molecule has 4 heteroatoms. The molecular formula is C14H30N2O2. The molecule has 108 valence electrons. The Morgan fingerprint density at radius 3 is 2.50 bits per heavy atom.